The van der Waals surface area contributed by atoms with Crippen LogP contribution in [0.1, 0.15) is 48.2 Å². The lowest BCUT2D eigenvalue weighted by atomic mass is 10.1. The van der Waals surface area contributed by atoms with E-state index in [4.69, 9.17) is 4.42 Å². The first-order valence-electron chi connectivity index (χ1n) is 6.78. The molecule has 5 nitrogen and oxygen atoms in total. The second kappa shape index (κ2) is 6.73. The highest BCUT2D eigenvalue weighted by atomic mass is 16.5. The van der Waals surface area contributed by atoms with E-state index >= 15 is 0 Å². The van der Waals surface area contributed by atoms with Crippen molar-refractivity contribution in [3.05, 3.63) is 23.7 Å². The monoisotopic (exact) mass is 267 g/mol. The van der Waals surface area contributed by atoms with E-state index in [0.29, 0.717) is 6.54 Å². The molecule has 106 valence electrons. The van der Waals surface area contributed by atoms with Crippen LogP contribution < -0.4 is 5.32 Å². The number of methoxy groups -OCH3 is 1. The van der Waals surface area contributed by atoms with Crippen LogP contribution in [0.2, 0.25) is 0 Å². The Hall–Kier alpha value is -1.33. The van der Waals surface area contributed by atoms with E-state index in [1.807, 2.05) is 0 Å². The molecule has 2 atom stereocenters. The maximum atomic E-state index is 11.5. The highest BCUT2D eigenvalue weighted by Gasteiger charge is 2.22. The fourth-order valence-corrected chi connectivity index (χ4v) is 2.51. The Kier molecular flexibility index (Phi) is 4.99. The molecule has 5 heteroatoms. The van der Waals surface area contributed by atoms with Gasteiger partial charge in [-0.1, -0.05) is 19.3 Å². The van der Waals surface area contributed by atoms with Gasteiger partial charge in [-0.3, -0.25) is 0 Å². The van der Waals surface area contributed by atoms with E-state index < -0.39 is 5.97 Å². The lowest BCUT2D eigenvalue weighted by Crippen LogP contribution is -2.38. The van der Waals surface area contributed by atoms with Gasteiger partial charge in [0.05, 0.1) is 19.5 Å². The van der Waals surface area contributed by atoms with Gasteiger partial charge in [0, 0.05) is 18.2 Å². The van der Waals surface area contributed by atoms with E-state index in [1.165, 1.54) is 19.8 Å². The minimum Gasteiger partial charge on any atom is -0.463 e. The van der Waals surface area contributed by atoms with Gasteiger partial charge in [0.15, 0.2) is 0 Å². The SMILES string of the molecule is COC(=O)c1occc1CNC1CCCCCC1O. The average Bonchev–Trinajstić information content (AvgIpc) is 2.79. The zero-order chi connectivity index (χ0) is 13.7. The molecule has 0 amide bonds. The summed E-state index contributed by atoms with van der Waals surface area (Å²) in [6, 6.07) is 1.84. The molecule has 0 aliphatic heterocycles. The smallest absolute Gasteiger partial charge is 0.374 e. The van der Waals surface area contributed by atoms with Crippen molar-refractivity contribution >= 4 is 5.97 Å². The van der Waals surface area contributed by atoms with Crippen molar-refractivity contribution in [2.45, 2.75) is 50.8 Å². The van der Waals surface area contributed by atoms with Gasteiger partial charge < -0.3 is 19.6 Å². The van der Waals surface area contributed by atoms with Crippen LogP contribution in [-0.4, -0.2) is 30.3 Å². The standard InChI is InChI=1S/C14H21NO4/c1-18-14(17)13-10(7-8-19-13)9-15-11-5-3-2-4-6-12(11)16/h7-8,11-12,15-16H,2-6,9H2,1H3. The van der Waals surface area contributed by atoms with Crippen molar-refractivity contribution < 1.29 is 19.1 Å². The van der Waals surface area contributed by atoms with Crippen molar-refractivity contribution in [1.29, 1.82) is 0 Å². The molecular weight excluding hydrogens is 246 g/mol. The Morgan fingerprint density at radius 1 is 1.47 bits per heavy atom. The molecule has 1 fully saturated rings. The van der Waals surface area contributed by atoms with Gasteiger partial charge in [0.2, 0.25) is 5.76 Å². The first-order chi connectivity index (χ1) is 9.22. The summed E-state index contributed by atoms with van der Waals surface area (Å²) in [6.07, 6.45) is 6.36. The maximum absolute atomic E-state index is 11.5. The Morgan fingerprint density at radius 2 is 2.26 bits per heavy atom. The zero-order valence-corrected chi connectivity index (χ0v) is 11.2. The Labute approximate surface area is 112 Å². The van der Waals surface area contributed by atoms with Crippen molar-refractivity contribution in [3.8, 4) is 0 Å². The Balaban J connectivity index is 1.94. The highest BCUT2D eigenvalue weighted by Crippen LogP contribution is 2.19. The summed E-state index contributed by atoms with van der Waals surface area (Å²) in [5.41, 5.74) is 0.767. The molecule has 2 unspecified atom stereocenters. The van der Waals surface area contributed by atoms with E-state index in [9.17, 15) is 9.90 Å². The second-order valence-corrected chi connectivity index (χ2v) is 4.96. The van der Waals surface area contributed by atoms with E-state index in [-0.39, 0.29) is 17.9 Å². The molecule has 0 aromatic carbocycles. The molecule has 1 aliphatic rings. The number of carbonyl (C=O) groups excluding carboxylic acids is 1. The molecule has 0 spiro atoms. The minimum absolute atomic E-state index is 0.0860. The number of ether oxygens (including phenoxy) is 1. The van der Waals surface area contributed by atoms with Crippen LogP contribution in [0.25, 0.3) is 0 Å². The van der Waals surface area contributed by atoms with Gasteiger partial charge in [0.1, 0.15) is 0 Å². The fourth-order valence-electron chi connectivity index (χ4n) is 2.51. The van der Waals surface area contributed by atoms with Crippen molar-refractivity contribution in [1.82, 2.24) is 5.32 Å². The summed E-state index contributed by atoms with van der Waals surface area (Å²) < 4.78 is 9.79. The summed E-state index contributed by atoms with van der Waals surface area (Å²) in [5, 5.41) is 13.3. The molecule has 1 aromatic heterocycles. The lowest BCUT2D eigenvalue weighted by Gasteiger charge is -2.21. The van der Waals surface area contributed by atoms with Gasteiger partial charge >= 0.3 is 5.97 Å². The second-order valence-electron chi connectivity index (χ2n) is 4.96. The van der Waals surface area contributed by atoms with Gasteiger partial charge in [-0.05, 0) is 18.9 Å². The third kappa shape index (κ3) is 3.58. The third-order valence-electron chi connectivity index (χ3n) is 3.65. The number of hydrogen-bond donors (Lipinski definition) is 2. The van der Waals surface area contributed by atoms with Crippen LogP contribution in [0.3, 0.4) is 0 Å². The van der Waals surface area contributed by atoms with Crippen LogP contribution in [0, 0.1) is 0 Å². The van der Waals surface area contributed by atoms with E-state index in [2.05, 4.69) is 10.1 Å². The lowest BCUT2D eigenvalue weighted by molar-refractivity contribution is 0.0563. The van der Waals surface area contributed by atoms with Crippen LogP contribution in [0.4, 0.5) is 0 Å². The van der Waals surface area contributed by atoms with Gasteiger partial charge in [0.25, 0.3) is 0 Å². The highest BCUT2D eigenvalue weighted by molar-refractivity contribution is 5.87. The quantitative estimate of drug-likeness (QED) is 0.643. The van der Waals surface area contributed by atoms with E-state index in [1.54, 1.807) is 6.07 Å². The number of aliphatic hydroxyl groups excluding tert-OH is 1. The molecule has 0 bridgehead atoms. The molecule has 2 rings (SSSR count). The Morgan fingerprint density at radius 3 is 3.05 bits per heavy atom. The van der Waals surface area contributed by atoms with Gasteiger partial charge in [-0.2, -0.15) is 0 Å². The van der Waals surface area contributed by atoms with Crippen LogP contribution in [0.5, 0.6) is 0 Å². The molecule has 19 heavy (non-hydrogen) atoms. The van der Waals surface area contributed by atoms with Crippen molar-refractivity contribution in [3.63, 3.8) is 0 Å². The van der Waals surface area contributed by atoms with Crippen LogP contribution >= 0.6 is 0 Å². The number of aliphatic hydroxyl groups is 1. The molecule has 2 N–H and O–H groups in total. The van der Waals surface area contributed by atoms with E-state index in [0.717, 1.165) is 31.2 Å². The summed E-state index contributed by atoms with van der Waals surface area (Å²) in [6.45, 7) is 0.503. The number of rotatable bonds is 4. The maximum Gasteiger partial charge on any atom is 0.374 e. The number of hydrogen-bond acceptors (Lipinski definition) is 5. The molecular formula is C14H21NO4. The molecule has 0 radical (unpaired) electrons. The van der Waals surface area contributed by atoms with Gasteiger partial charge in [-0.25, -0.2) is 4.79 Å². The number of nitrogens with one attached hydrogen (secondary N) is 1. The largest absolute Gasteiger partial charge is 0.463 e. The predicted molar refractivity (Wildman–Crippen MR) is 69.8 cm³/mol. The summed E-state index contributed by atoms with van der Waals surface area (Å²) in [7, 11) is 1.33. The summed E-state index contributed by atoms with van der Waals surface area (Å²) in [5.74, 6) is -0.235. The average molecular weight is 267 g/mol. The first kappa shape index (κ1) is 14.1. The summed E-state index contributed by atoms with van der Waals surface area (Å²) >= 11 is 0. The molecule has 1 heterocycles. The summed E-state index contributed by atoms with van der Waals surface area (Å²) in [4.78, 5) is 11.5. The predicted octanol–water partition coefficient (Wildman–Crippen LogP) is 1.85. The number of carbonyl (C=O) groups is 1. The fraction of sp³-hybridized carbons (Fsp3) is 0.643. The number of furan rings is 1. The van der Waals surface area contributed by atoms with Crippen molar-refractivity contribution in [2.24, 2.45) is 0 Å². The first-order valence-corrected chi connectivity index (χ1v) is 6.78. The Bertz CT molecular complexity index is 415. The normalized spacial score (nSPS) is 23.9. The van der Waals surface area contributed by atoms with Crippen LogP contribution in [0.15, 0.2) is 16.7 Å². The molecule has 0 saturated heterocycles. The number of esters is 1. The molecule has 1 aromatic rings. The third-order valence-corrected chi connectivity index (χ3v) is 3.65. The van der Waals surface area contributed by atoms with Gasteiger partial charge in [-0.15, -0.1) is 0 Å². The zero-order valence-electron chi connectivity index (χ0n) is 11.2. The minimum atomic E-state index is -0.469. The van der Waals surface area contributed by atoms with Crippen molar-refractivity contribution in [2.75, 3.05) is 7.11 Å². The molecule has 1 saturated carbocycles. The topological polar surface area (TPSA) is 71.7 Å². The van der Waals surface area contributed by atoms with Crippen LogP contribution in [-0.2, 0) is 11.3 Å². The molecule has 1 aliphatic carbocycles.